The minimum Gasteiger partial charge on any atom is -0.368 e. The van der Waals surface area contributed by atoms with E-state index in [-0.39, 0.29) is 11.2 Å². The van der Waals surface area contributed by atoms with Crippen LogP contribution in [0.15, 0.2) is 53.4 Å². The number of amides is 1. The Kier molecular flexibility index (Phi) is 6.15. The summed E-state index contributed by atoms with van der Waals surface area (Å²) in [6.07, 6.45) is 0. The van der Waals surface area contributed by atoms with Gasteiger partial charge in [-0.1, -0.05) is 23.2 Å². The highest BCUT2D eigenvalue weighted by Gasteiger charge is 2.25. The van der Waals surface area contributed by atoms with E-state index in [2.05, 4.69) is 4.90 Å². The standard InChI is InChI=1S/C19H20Cl2N2OS/c1-14(25-18-8-4-16(21)5-9-18)19(24)23-12-10-22(11-13-23)17-6-2-15(20)3-7-17/h2-9,14H,10-13H2,1H3. The van der Waals surface area contributed by atoms with Crippen molar-refractivity contribution >= 4 is 46.6 Å². The minimum absolute atomic E-state index is 0.108. The highest BCUT2D eigenvalue weighted by Crippen LogP contribution is 2.26. The van der Waals surface area contributed by atoms with Gasteiger partial charge in [0.25, 0.3) is 0 Å². The summed E-state index contributed by atoms with van der Waals surface area (Å²) in [6, 6.07) is 15.5. The molecule has 6 heteroatoms. The van der Waals surface area contributed by atoms with E-state index in [0.29, 0.717) is 5.02 Å². The van der Waals surface area contributed by atoms with E-state index in [4.69, 9.17) is 23.2 Å². The summed E-state index contributed by atoms with van der Waals surface area (Å²) in [5.41, 5.74) is 1.15. The van der Waals surface area contributed by atoms with Gasteiger partial charge in [-0.2, -0.15) is 0 Å². The van der Waals surface area contributed by atoms with E-state index >= 15 is 0 Å². The fourth-order valence-electron chi connectivity index (χ4n) is 2.86. The fourth-order valence-corrected chi connectivity index (χ4v) is 4.07. The van der Waals surface area contributed by atoms with E-state index in [1.54, 1.807) is 11.8 Å². The second-order valence-electron chi connectivity index (χ2n) is 6.00. The number of anilines is 1. The first-order chi connectivity index (χ1) is 12.0. The lowest BCUT2D eigenvalue weighted by molar-refractivity contribution is -0.130. The number of nitrogens with zero attached hydrogens (tertiary/aromatic N) is 2. The molecule has 1 heterocycles. The number of hydrogen-bond donors (Lipinski definition) is 0. The molecule has 25 heavy (non-hydrogen) atoms. The molecule has 0 radical (unpaired) electrons. The molecular formula is C19H20Cl2N2OS. The van der Waals surface area contributed by atoms with Gasteiger partial charge in [-0.05, 0) is 55.5 Å². The van der Waals surface area contributed by atoms with Crippen molar-refractivity contribution in [3.63, 3.8) is 0 Å². The predicted molar refractivity (Wildman–Crippen MR) is 107 cm³/mol. The van der Waals surface area contributed by atoms with Crippen molar-refractivity contribution < 1.29 is 4.79 Å². The molecule has 2 aromatic carbocycles. The van der Waals surface area contributed by atoms with Crippen molar-refractivity contribution in [2.75, 3.05) is 31.1 Å². The van der Waals surface area contributed by atoms with Crippen LogP contribution in [-0.2, 0) is 4.79 Å². The molecule has 1 saturated heterocycles. The summed E-state index contributed by atoms with van der Waals surface area (Å²) in [6.45, 7) is 5.13. The zero-order chi connectivity index (χ0) is 17.8. The summed E-state index contributed by atoms with van der Waals surface area (Å²) in [4.78, 5) is 18.0. The summed E-state index contributed by atoms with van der Waals surface area (Å²) >= 11 is 13.4. The highest BCUT2D eigenvalue weighted by atomic mass is 35.5. The number of carbonyl (C=O) groups is 1. The number of piperazine rings is 1. The minimum atomic E-state index is -0.108. The van der Waals surface area contributed by atoms with Crippen LogP contribution in [-0.4, -0.2) is 42.2 Å². The summed E-state index contributed by atoms with van der Waals surface area (Å²) < 4.78 is 0. The first-order valence-electron chi connectivity index (χ1n) is 8.24. The summed E-state index contributed by atoms with van der Waals surface area (Å²) in [5.74, 6) is 0.190. The van der Waals surface area contributed by atoms with E-state index in [1.807, 2.05) is 60.4 Å². The third-order valence-corrected chi connectivity index (χ3v) is 5.86. The Hall–Kier alpha value is -1.36. The number of halogens is 2. The molecule has 132 valence electrons. The lowest BCUT2D eigenvalue weighted by Gasteiger charge is -2.37. The van der Waals surface area contributed by atoms with E-state index in [9.17, 15) is 4.79 Å². The van der Waals surface area contributed by atoms with E-state index < -0.39 is 0 Å². The van der Waals surface area contributed by atoms with Crippen molar-refractivity contribution in [2.24, 2.45) is 0 Å². The summed E-state index contributed by atoms with van der Waals surface area (Å²) in [7, 11) is 0. The molecule has 0 saturated carbocycles. The quantitative estimate of drug-likeness (QED) is 0.694. The maximum absolute atomic E-state index is 12.7. The van der Waals surface area contributed by atoms with Crippen LogP contribution in [0.1, 0.15) is 6.92 Å². The number of hydrogen-bond acceptors (Lipinski definition) is 3. The lowest BCUT2D eigenvalue weighted by atomic mass is 10.2. The Morgan fingerprint density at radius 3 is 2.00 bits per heavy atom. The van der Waals surface area contributed by atoms with Crippen LogP contribution in [0.3, 0.4) is 0 Å². The normalized spacial score (nSPS) is 16.0. The van der Waals surface area contributed by atoms with Crippen molar-refractivity contribution in [1.82, 2.24) is 4.90 Å². The average Bonchev–Trinajstić information content (AvgIpc) is 2.64. The molecule has 2 aromatic rings. The molecular weight excluding hydrogens is 375 g/mol. The van der Waals surface area contributed by atoms with Crippen molar-refractivity contribution in [2.45, 2.75) is 17.1 Å². The number of benzene rings is 2. The van der Waals surface area contributed by atoms with Crippen LogP contribution in [0.25, 0.3) is 0 Å². The molecule has 0 aliphatic carbocycles. The first-order valence-corrected chi connectivity index (χ1v) is 9.88. The Balaban J connectivity index is 1.53. The molecule has 3 rings (SSSR count). The largest absolute Gasteiger partial charge is 0.368 e. The molecule has 0 aromatic heterocycles. The summed E-state index contributed by atoms with van der Waals surface area (Å²) in [5, 5.41) is 1.34. The predicted octanol–water partition coefficient (Wildman–Crippen LogP) is 4.82. The zero-order valence-corrected chi connectivity index (χ0v) is 16.3. The van der Waals surface area contributed by atoms with Crippen LogP contribution in [0, 0.1) is 0 Å². The molecule has 1 unspecified atom stereocenters. The zero-order valence-electron chi connectivity index (χ0n) is 14.0. The molecule has 1 fully saturated rings. The van der Waals surface area contributed by atoms with Crippen LogP contribution >= 0.6 is 35.0 Å². The van der Waals surface area contributed by atoms with Gasteiger partial charge >= 0.3 is 0 Å². The number of carbonyl (C=O) groups excluding carboxylic acids is 1. The van der Waals surface area contributed by atoms with Gasteiger partial charge in [-0.3, -0.25) is 4.79 Å². The van der Waals surface area contributed by atoms with Gasteiger partial charge in [0, 0.05) is 46.8 Å². The lowest BCUT2D eigenvalue weighted by Crippen LogP contribution is -2.50. The highest BCUT2D eigenvalue weighted by molar-refractivity contribution is 8.00. The molecule has 0 bridgehead atoms. The molecule has 1 aliphatic rings. The SMILES string of the molecule is CC(Sc1ccc(Cl)cc1)C(=O)N1CCN(c2ccc(Cl)cc2)CC1. The number of thioether (sulfide) groups is 1. The Morgan fingerprint density at radius 2 is 1.44 bits per heavy atom. The topological polar surface area (TPSA) is 23.6 Å². The molecule has 3 nitrogen and oxygen atoms in total. The fraction of sp³-hybridized carbons (Fsp3) is 0.316. The van der Waals surface area contributed by atoms with Gasteiger partial charge < -0.3 is 9.80 Å². The molecule has 1 atom stereocenters. The number of rotatable bonds is 4. The Labute approximate surface area is 162 Å². The van der Waals surface area contributed by atoms with Gasteiger partial charge in [0.15, 0.2) is 0 Å². The maximum atomic E-state index is 12.7. The van der Waals surface area contributed by atoms with Crippen LogP contribution in [0.5, 0.6) is 0 Å². The molecule has 0 N–H and O–H groups in total. The van der Waals surface area contributed by atoms with Gasteiger partial charge in [-0.25, -0.2) is 0 Å². The molecule has 0 spiro atoms. The van der Waals surface area contributed by atoms with E-state index in [0.717, 1.165) is 41.8 Å². The van der Waals surface area contributed by atoms with Crippen LogP contribution in [0.4, 0.5) is 5.69 Å². The maximum Gasteiger partial charge on any atom is 0.235 e. The van der Waals surface area contributed by atoms with Crippen LogP contribution < -0.4 is 4.90 Å². The van der Waals surface area contributed by atoms with Crippen molar-refractivity contribution in [3.8, 4) is 0 Å². The third kappa shape index (κ3) is 4.84. The average molecular weight is 395 g/mol. The third-order valence-electron chi connectivity index (χ3n) is 4.26. The van der Waals surface area contributed by atoms with Crippen LogP contribution in [0.2, 0.25) is 10.0 Å². The second-order valence-corrected chi connectivity index (χ2v) is 8.29. The smallest absolute Gasteiger partial charge is 0.235 e. The van der Waals surface area contributed by atoms with Crippen molar-refractivity contribution in [1.29, 1.82) is 0 Å². The molecule has 1 amide bonds. The Morgan fingerprint density at radius 1 is 0.920 bits per heavy atom. The second kappa shape index (κ2) is 8.35. The first kappa shape index (κ1) is 18.4. The monoisotopic (exact) mass is 394 g/mol. The Bertz CT molecular complexity index is 713. The van der Waals surface area contributed by atoms with Gasteiger partial charge in [-0.15, -0.1) is 11.8 Å². The van der Waals surface area contributed by atoms with Gasteiger partial charge in [0.2, 0.25) is 5.91 Å². The van der Waals surface area contributed by atoms with Gasteiger partial charge in [0.05, 0.1) is 5.25 Å². The molecule has 1 aliphatic heterocycles. The van der Waals surface area contributed by atoms with E-state index in [1.165, 1.54) is 0 Å². The van der Waals surface area contributed by atoms with Crippen molar-refractivity contribution in [3.05, 3.63) is 58.6 Å². The van der Waals surface area contributed by atoms with Gasteiger partial charge in [0.1, 0.15) is 0 Å².